The van der Waals surface area contributed by atoms with Crippen molar-refractivity contribution in [3.63, 3.8) is 0 Å². The van der Waals surface area contributed by atoms with Crippen LogP contribution in [0.4, 0.5) is 5.82 Å². The third kappa shape index (κ3) is 4.38. The largest absolute Gasteiger partial charge is 0.319 e. The zero-order chi connectivity index (χ0) is 15.5. The Hall–Kier alpha value is -0.700. The van der Waals surface area contributed by atoms with Crippen molar-refractivity contribution < 1.29 is 8.42 Å². The Kier molecular flexibility index (Phi) is 5.59. The molecule has 1 fully saturated rings. The average Bonchev–Trinajstić information content (AvgIpc) is 2.43. The number of hydrogen-bond donors (Lipinski definition) is 2. The van der Waals surface area contributed by atoms with Crippen molar-refractivity contribution >= 4 is 32.0 Å². The second-order valence-corrected chi connectivity index (χ2v) is 7.82. The number of anilines is 1. The minimum Gasteiger partial charge on any atom is -0.319 e. The van der Waals surface area contributed by atoms with E-state index in [9.17, 15) is 8.42 Å². The van der Waals surface area contributed by atoms with Gasteiger partial charge in [0.15, 0.2) is 0 Å². The van der Waals surface area contributed by atoms with E-state index in [1.807, 2.05) is 14.0 Å². The van der Waals surface area contributed by atoms with Gasteiger partial charge in [0.25, 0.3) is 0 Å². The molecule has 2 heterocycles. The van der Waals surface area contributed by atoms with Crippen LogP contribution in [0, 0.1) is 12.8 Å². The lowest BCUT2D eigenvalue weighted by Crippen LogP contribution is -2.44. The van der Waals surface area contributed by atoms with E-state index in [4.69, 9.17) is 0 Å². The highest BCUT2D eigenvalue weighted by molar-refractivity contribution is 9.10. The van der Waals surface area contributed by atoms with Gasteiger partial charge >= 0.3 is 10.2 Å². The highest BCUT2D eigenvalue weighted by Crippen LogP contribution is 2.21. The molecule has 0 aliphatic carbocycles. The molecule has 8 heteroatoms. The van der Waals surface area contributed by atoms with Gasteiger partial charge in [-0.1, -0.05) is 0 Å². The summed E-state index contributed by atoms with van der Waals surface area (Å²) in [5.74, 6) is 0.714. The number of rotatable bonds is 5. The molecular weight excluding hydrogens is 356 g/mol. The number of aromatic nitrogens is 1. The molecule has 1 saturated heterocycles. The Morgan fingerprint density at radius 3 is 2.90 bits per heavy atom. The topological polar surface area (TPSA) is 74.3 Å². The van der Waals surface area contributed by atoms with Crippen LogP contribution in [-0.2, 0) is 10.2 Å². The van der Waals surface area contributed by atoms with Crippen LogP contribution < -0.4 is 10.0 Å². The minimum absolute atomic E-state index is 0.353. The van der Waals surface area contributed by atoms with Crippen LogP contribution in [0.25, 0.3) is 0 Å². The fraction of sp³-hybridized carbons (Fsp3) is 0.615. The molecule has 1 aromatic heterocycles. The van der Waals surface area contributed by atoms with E-state index < -0.39 is 10.2 Å². The van der Waals surface area contributed by atoms with Crippen molar-refractivity contribution in [2.24, 2.45) is 5.92 Å². The molecular formula is C13H21BrN4O2S. The van der Waals surface area contributed by atoms with Crippen molar-refractivity contribution in [3.05, 3.63) is 22.3 Å². The summed E-state index contributed by atoms with van der Waals surface area (Å²) in [4.78, 5) is 4.23. The molecule has 1 aliphatic rings. The summed E-state index contributed by atoms with van der Waals surface area (Å²) >= 11 is 3.35. The Balaban J connectivity index is 2.08. The monoisotopic (exact) mass is 376 g/mol. The predicted octanol–water partition coefficient (Wildman–Crippen LogP) is 1.74. The summed E-state index contributed by atoms with van der Waals surface area (Å²) < 4.78 is 29.8. The van der Waals surface area contributed by atoms with Crippen molar-refractivity contribution in [3.8, 4) is 0 Å². The first-order chi connectivity index (χ1) is 9.92. The fourth-order valence-electron chi connectivity index (χ4n) is 2.50. The molecule has 0 saturated carbocycles. The van der Waals surface area contributed by atoms with Crippen LogP contribution in [0.1, 0.15) is 18.5 Å². The second-order valence-electron chi connectivity index (χ2n) is 5.29. The molecule has 0 spiro atoms. The summed E-state index contributed by atoms with van der Waals surface area (Å²) in [6, 6.07) is 3.45. The van der Waals surface area contributed by atoms with E-state index in [1.165, 1.54) is 4.31 Å². The molecule has 21 heavy (non-hydrogen) atoms. The molecule has 6 nitrogen and oxygen atoms in total. The summed E-state index contributed by atoms with van der Waals surface area (Å²) in [7, 11) is -1.65. The molecule has 2 N–H and O–H groups in total. The maximum absolute atomic E-state index is 12.4. The normalized spacial score (nSPS) is 20.4. The second kappa shape index (κ2) is 7.04. The molecule has 0 amide bonds. The van der Waals surface area contributed by atoms with E-state index >= 15 is 0 Å². The molecule has 0 bridgehead atoms. The Morgan fingerprint density at radius 2 is 2.24 bits per heavy atom. The molecule has 1 atom stereocenters. The van der Waals surface area contributed by atoms with E-state index in [2.05, 4.69) is 31.0 Å². The van der Waals surface area contributed by atoms with E-state index in [0.29, 0.717) is 24.8 Å². The molecule has 0 radical (unpaired) electrons. The van der Waals surface area contributed by atoms with Gasteiger partial charge in [0.05, 0.1) is 5.69 Å². The van der Waals surface area contributed by atoms with Gasteiger partial charge in [-0.2, -0.15) is 12.7 Å². The fourth-order valence-corrected chi connectivity index (χ4v) is 4.00. The third-order valence-corrected chi connectivity index (χ3v) is 5.89. The summed E-state index contributed by atoms with van der Waals surface area (Å²) in [5, 5.41) is 3.11. The molecule has 1 aliphatic heterocycles. The maximum Gasteiger partial charge on any atom is 0.302 e. The third-order valence-electron chi connectivity index (χ3n) is 3.57. The van der Waals surface area contributed by atoms with Gasteiger partial charge < -0.3 is 5.32 Å². The number of aryl methyl sites for hydroxylation is 1. The average molecular weight is 377 g/mol. The Morgan fingerprint density at radius 1 is 1.48 bits per heavy atom. The van der Waals surface area contributed by atoms with Gasteiger partial charge in [-0.3, -0.25) is 4.72 Å². The quantitative estimate of drug-likeness (QED) is 0.820. The highest BCUT2D eigenvalue weighted by atomic mass is 79.9. The lowest BCUT2D eigenvalue weighted by Gasteiger charge is -2.31. The van der Waals surface area contributed by atoms with Crippen LogP contribution in [0.5, 0.6) is 0 Å². The zero-order valence-electron chi connectivity index (χ0n) is 12.3. The van der Waals surface area contributed by atoms with Crippen LogP contribution in [0.2, 0.25) is 0 Å². The van der Waals surface area contributed by atoms with Gasteiger partial charge in [-0.05, 0) is 67.3 Å². The van der Waals surface area contributed by atoms with Crippen LogP contribution in [0.15, 0.2) is 16.6 Å². The van der Waals surface area contributed by atoms with Gasteiger partial charge in [0.1, 0.15) is 5.82 Å². The first kappa shape index (κ1) is 16.7. The minimum atomic E-state index is -3.54. The van der Waals surface area contributed by atoms with Crippen molar-refractivity contribution in [1.29, 1.82) is 0 Å². The van der Waals surface area contributed by atoms with Crippen LogP contribution in [0.3, 0.4) is 0 Å². The smallest absolute Gasteiger partial charge is 0.302 e. The van der Waals surface area contributed by atoms with Gasteiger partial charge in [-0.25, -0.2) is 4.98 Å². The zero-order valence-corrected chi connectivity index (χ0v) is 14.7. The number of nitrogens with one attached hydrogen (secondary N) is 2. The lowest BCUT2D eigenvalue weighted by atomic mass is 10.00. The molecule has 1 unspecified atom stereocenters. The molecule has 1 aromatic rings. The number of halogens is 1. The number of nitrogens with zero attached hydrogens (tertiary/aromatic N) is 2. The summed E-state index contributed by atoms with van der Waals surface area (Å²) in [6.07, 6.45) is 1.95. The summed E-state index contributed by atoms with van der Waals surface area (Å²) in [5.41, 5.74) is 0.752. The Labute approximate surface area is 134 Å². The Bertz CT molecular complexity index is 592. The van der Waals surface area contributed by atoms with Crippen molar-refractivity contribution in [2.75, 3.05) is 31.4 Å². The van der Waals surface area contributed by atoms with Gasteiger partial charge in [0, 0.05) is 17.6 Å². The number of piperidine rings is 1. The van der Waals surface area contributed by atoms with Crippen LogP contribution >= 0.6 is 15.9 Å². The van der Waals surface area contributed by atoms with E-state index in [1.54, 1.807) is 12.1 Å². The van der Waals surface area contributed by atoms with Gasteiger partial charge in [0.2, 0.25) is 0 Å². The maximum atomic E-state index is 12.4. The number of pyridine rings is 1. The van der Waals surface area contributed by atoms with Crippen molar-refractivity contribution in [1.82, 2.24) is 14.6 Å². The van der Waals surface area contributed by atoms with Crippen molar-refractivity contribution in [2.45, 2.75) is 19.8 Å². The SMILES string of the molecule is CNCC1CCCN(S(=O)(=O)Nc2ccc(Br)c(C)n2)C1. The molecule has 2 rings (SSSR count). The molecule has 118 valence electrons. The van der Waals surface area contributed by atoms with E-state index in [0.717, 1.165) is 29.6 Å². The van der Waals surface area contributed by atoms with E-state index in [-0.39, 0.29) is 0 Å². The first-order valence-electron chi connectivity index (χ1n) is 6.98. The molecule has 0 aromatic carbocycles. The number of hydrogen-bond acceptors (Lipinski definition) is 4. The predicted molar refractivity (Wildman–Crippen MR) is 87.4 cm³/mol. The highest BCUT2D eigenvalue weighted by Gasteiger charge is 2.28. The van der Waals surface area contributed by atoms with Gasteiger partial charge in [-0.15, -0.1) is 0 Å². The first-order valence-corrected chi connectivity index (χ1v) is 9.21. The standard InChI is InChI=1S/C13H21BrN4O2S/c1-10-12(14)5-6-13(16-10)17-21(19,20)18-7-3-4-11(9-18)8-15-2/h5-6,11,15H,3-4,7-9H2,1-2H3,(H,16,17). The summed E-state index contributed by atoms with van der Waals surface area (Å²) in [6.45, 7) is 3.77. The lowest BCUT2D eigenvalue weighted by molar-refractivity contribution is 0.264. The van der Waals surface area contributed by atoms with Crippen LogP contribution in [-0.4, -0.2) is 44.4 Å².